The largest absolute Gasteiger partial charge is 0.251 e. The van der Waals surface area contributed by atoms with Crippen LogP contribution in [-0.4, -0.2) is 12.8 Å². The maximum Gasteiger partial charge on any atom is 0.104 e. The van der Waals surface area contributed by atoms with Crippen LogP contribution in [0.25, 0.3) is 0 Å². The average Bonchev–Trinajstić information content (AvgIpc) is 2.79. The summed E-state index contributed by atoms with van der Waals surface area (Å²) in [4.78, 5) is 0. The van der Waals surface area contributed by atoms with Crippen LogP contribution in [0.3, 0.4) is 0 Å². The Kier molecular flexibility index (Phi) is 5.03. The van der Waals surface area contributed by atoms with Crippen molar-refractivity contribution >= 4 is 0 Å². The summed E-state index contributed by atoms with van der Waals surface area (Å²) in [5, 5.41) is 0. The smallest absolute Gasteiger partial charge is 0.104 e. The number of alkyl halides is 2. The van der Waals surface area contributed by atoms with Gasteiger partial charge in [-0.2, -0.15) is 0 Å². The van der Waals surface area contributed by atoms with Gasteiger partial charge in [0.1, 0.15) is 6.17 Å². The predicted molar refractivity (Wildman–Crippen MR) is 72.0 cm³/mol. The van der Waals surface area contributed by atoms with Gasteiger partial charge in [0.2, 0.25) is 0 Å². The molecule has 0 aromatic carbocycles. The molecule has 0 N–H and O–H groups in total. The van der Waals surface area contributed by atoms with Gasteiger partial charge in [-0.25, -0.2) is 4.39 Å². The lowest BCUT2D eigenvalue weighted by molar-refractivity contribution is 0.0519. The molecule has 0 amide bonds. The molecule has 18 heavy (non-hydrogen) atoms. The van der Waals surface area contributed by atoms with Crippen LogP contribution in [0.1, 0.15) is 58.8 Å². The van der Waals surface area contributed by atoms with Gasteiger partial charge in [-0.15, -0.1) is 0 Å². The Morgan fingerprint density at radius 3 is 2.22 bits per heavy atom. The van der Waals surface area contributed by atoms with Crippen LogP contribution < -0.4 is 0 Å². The van der Waals surface area contributed by atoms with Crippen molar-refractivity contribution in [2.75, 3.05) is 6.67 Å². The molecular formula is C16H28F2. The van der Waals surface area contributed by atoms with Gasteiger partial charge in [-0.05, 0) is 61.7 Å². The molecule has 6 atom stereocenters. The molecule has 2 rings (SSSR count). The lowest BCUT2D eigenvalue weighted by Crippen LogP contribution is -2.34. The predicted octanol–water partition coefficient (Wildman–Crippen LogP) is 5.17. The molecule has 0 nitrogen and oxygen atoms in total. The molecule has 0 heterocycles. The Balaban J connectivity index is 1.87. The molecule has 0 bridgehead atoms. The summed E-state index contributed by atoms with van der Waals surface area (Å²) in [6.45, 7) is 3.96. The summed E-state index contributed by atoms with van der Waals surface area (Å²) < 4.78 is 27.2. The minimum atomic E-state index is -0.750. The maximum absolute atomic E-state index is 14.3. The Morgan fingerprint density at radius 2 is 1.72 bits per heavy atom. The van der Waals surface area contributed by atoms with Crippen LogP contribution in [0, 0.1) is 29.6 Å². The zero-order chi connectivity index (χ0) is 13.1. The monoisotopic (exact) mass is 258 g/mol. The van der Waals surface area contributed by atoms with E-state index in [9.17, 15) is 8.78 Å². The van der Waals surface area contributed by atoms with Gasteiger partial charge in [0, 0.05) is 0 Å². The van der Waals surface area contributed by atoms with Crippen LogP contribution in [0.2, 0.25) is 0 Å². The molecule has 2 aliphatic carbocycles. The van der Waals surface area contributed by atoms with Gasteiger partial charge in [0.05, 0.1) is 6.67 Å². The van der Waals surface area contributed by atoms with E-state index in [0.29, 0.717) is 12.3 Å². The van der Waals surface area contributed by atoms with Crippen molar-refractivity contribution in [3.63, 3.8) is 0 Å². The average molecular weight is 258 g/mol. The van der Waals surface area contributed by atoms with Gasteiger partial charge in [-0.1, -0.05) is 26.7 Å². The van der Waals surface area contributed by atoms with E-state index in [1.165, 1.54) is 19.3 Å². The van der Waals surface area contributed by atoms with E-state index in [0.717, 1.165) is 31.1 Å². The third-order valence-corrected chi connectivity index (χ3v) is 5.59. The quantitative estimate of drug-likeness (QED) is 0.652. The first-order chi connectivity index (χ1) is 8.65. The second-order valence-electron chi connectivity index (χ2n) is 6.75. The van der Waals surface area contributed by atoms with E-state index in [1.807, 2.05) is 6.92 Å². The topological polar surface area (TPSA) is 0 Å². The molecule has 0 radical (unpaired) electrons. The van der Waals surface area contributed by atoms with Gasteiger partial charge in [0.25, 0.3) is 0 Å². The van der Waals surface area contributed by atoms with Crippen molar-refractivity contribution in [1.82, 2.24) is 0 Å². The van der Waals surface area contributed by atoms with Crippen LogP contribution in [0.4, 0.5) is 8.78 Å². The Morgan fingerprint density at radius 1 is 1.06 bits per heavy atom. The Hall–Kier alpha value is -0.140. The first kappa shape index (κ1) is 14.3. The van der Waals surface area contributed by atoms with Crippen LogP contribution in [0.15, 0.2) is 0 Å². The number of rotatable bonds is 4. The normalized spacial score (nSPS) is 43.0. The highest BCUT2D eigenvalue weighted by molar-refractivity contribution is 4.88. The van der Waals surface area contributed by atoms with Gasteiger partial charge in [0.15, 0.2) is 0 Å². The SMILES string of the molecule is CCC(CF)C1CCC(C2CCC(C)C2)CC1F. The van der Waals surface area contributed by atoms with Crippen molar-refractivity contribution < 1.29 is 8.78 Å². The van der Waals surface area contributed by atoms with Crippen LogP contribution >= 0.6 is 0 Å². The van der Waals surface area contributed by atoms with Crippen molar-refractivity contribution in [2.24, 2.45) is 29.6 Å². The van der Waals surface area contributed by atoms with E-state index in [-0.39, 0.29) is 18.5 Å². The number of hydrogen-bond donors (Lipinski definition) is 0. The van der Waals surface area contributed by atoms with Gasteiger partial charge >= 0.3 is 0 Å². The summed E-state index contributed by atoms with van der Waals surface area (Å²) in [5.41, 5.74) is 0. The highest BCUT2D eigenvalue weighted by Gasteiger charge is 2.39. The Labute approximate surface area is 111 Å². The molecule has 0 saturated heterocycles. The second-order valence-corrected chi connectivity index (χ2v) is 6.75. The van der Waals surface area contributed by atoms with Crippen molar-refractivity contribution in [3.8, 4) is 0 Å². The molecule has 6 unspecified atom stereocenters. The van der Waals surface area contributed by atoms with E-state index in [4.69, 9.17) is 0 Å². The first-order valence-corrected chi connectivity index (χ1v) is 7.85. The molecule has 2 heteroatoms. The standard InChI is InChI=1S/C16H28F2/c1-3-12(10-17)15-7-6-14(9-16(15)18)13-5-4-11(2)8-13/h11-16H,3-10H2,1-2H3. The molecule has 2 fully saturated rings. The number of hydrogen-bond acceptors (Lipinski definition) is 0. The molecule has 0 aromatic heterocycles. The van der Waals surface area contributed by atoms with Crippen molar-refractivity contribution in [3.05, 3.63) is 0 Å². The summed E-state index contributed by atoms with van der Waals surface area (Å²) >= 11 is 0. The summed E-state index contributed by atoms with van der Waals surface area (Å²) in [7, 11) is 0. The van der Waals surface area contributed by atoms with Crippen LogP contribution in [0.5, 0.6) is 0 Å². The fourth-order valence-electron chi connectivity index (χ4n) is 4.33. The molecule has 0 spiro atoms. The number of halogens is 2. The van der Waals surface area contributed by atoms with E-state index >= 15 is 0 Å². The summed E-state index contributed by atoms with van der Waals surface area (Å²) in [6, 6.07) is 0. The molecule has 0 aromatic rings. The van der Waals surface area contributed by atoms with Gasteiger partial charge < -0.3 is 0 Å². The molecule has 106 valence electrons. The third-order valence-electron chi connectivity index (χ3n) is 5.59. The van der Waals surface area contributed by atoms with Crippen molar-refractivity contribution in [1.29, 1.82) is 0 Å². The Bertz CT molecular complexity index is 249. The summed E-state index contributed by atoms with van der Waals surface area (Å²) in [5.74, 6) is 2.13. The zero-order valence-electron chi connectivity index (χ0n) is 11.9. The first-order valence-electron chi connectivity index (χ1n) is 7.85. The highest BCUT2D eigenvalue weighted by atomic mass is 19.1. The fraction of sp³-hybridized carbons (Fsp3) is 1.00. The van der Waals surface area contributed by atoms with E-state index in [1.54, 1.807) is 0 Å². The second kappa shape index (κ2) is 6.34. The molecular weight excluding hydrogens is 230 g/mol. The molecule has 2 aliphatic rings. The minimum absolute atomic E-state index is 0.00456. The summed E-state index contributed by atoms with van der Waals surface area (Å²) in [6.07, 6.45) is 6.71. The molecule has 0 aliphatic heterocycles. The van der Waals surface area contributed by atoms with Gasteiger partial charge in [-0.3, -0.25) is 4.39 Å². The van der Waals surface area contributed by atoms with E-state index in [2.05, 4.69) is 6.92 Å². The van der Waals surface area contributed by atoms with Crippen molar-refractivity contribution in [2.45, 2.75) is 65.0 Å². The lowest BCUT2D eigenvalue weighted by Gasteiger charge is -2.37. The minimum Gasteiger partial charge on any atom is -0.251 e. The fourth-order valence-corrected chi connectivity index (χ4v) is 4.33. The maximum atomic E-state index is 14.3. The van der Waals surface area contributed by atoms with E-state index < -0.39 is 6.17 Å². The molecule has 2 saturated carbocycles. The highest BCUT2D eigenvalue weighted by Crippen LogP contribution is 2.45. The zero-order valence-corrected chi connectivity index (χ0v) is 11.9. The lowest BCUT2D eigenvalue weighted by atomic mass is 9.70. The van der Waals surface area contributed by atoms with Crippen LogP contribution in [-0.2, 0) is 0 Å². The third kappa shape index (κ3) is 3.05.